The third-order valence-electron chi connectivity index (χ3n) is 2.84. The fraction of sp³-hybridized carbons (Fsp3) is 0.846. The van der Waals surface area contributed by atoms with Crippen molar-refractivity contribution < 1.29 is 14.3 Å². The first-order chi connectivity index (χ1) is 7.83. The quantitative estimate of drug-likeness (QED) is 0.746. The molecule has 0 aliphatic carbocycles. The van der Waals surface area contributed by atoms with Crippen LogP contribution in [0.25, 0.3) is 0 Å². The minimum Gasteiger partial charge on any atom is -0.443 e. The highest BCUT2D eigenvalue weighted by Crippen LogP contribution is 2.24. The monoisotopic (exact) mass is 241 g/mol. The molecule has 98 valence electrons. The van der Waals surface area contributed by atoms with Gasteiger partial charge in [0.15, 0.2) is 0 Å². The standard InChI is InChI=1S/C13H23NO3/c1-5-6-10-7-8-14(11(15)9-10)12(16)17-13(2,3)4/h10H,5-9H2,1-4H3. The number of ether oxygens (including phenoxy) is 1. The van der Waals surface area contributed by atoms with Crippen LogP contribution in [0.1, 0.15) is 53.4 Å². The Morgan fingerprint density at radius 1 is 1.47 bits per heavy atom. The number of piperidine rings is 1. The summed E-state index contributed by atoms with van der Waals surface area (Å²) in [7, 11) is 0. The molecule has 0 aromatic rings. The molecule has 0 saturated carbocycles. The minimum atomic E-state index is -0.544. The topological polar surface area (TPSA) is 46.6 Å². The van der Waals surface area contributed by atoms with Gasteiger partial charge in [-0.3, -0.25) is 4.79 Å². The summed E-state index contributed by atoms with van der Waals surface area (Å²) >= 11 is 0. The molecule has 0 bridgehead atoms. The van der Waals surface area contributed by atoms with E-state index in [1.54, 1.807) is 20.8 Å². The molecule has 4 nitrogen and oxygen atoms in total. The van der Waals surface area contributed by atoms with Crippen molar-refractivity contribution in [3.05, 3.63) is 0 Å². The zero-order valence-corrected chi connectivity index (χ0v) is 11.3. The van der Waals surface area contributed by atoms with Crippen LogP contribution < -0.4 is 0 Å². The first kappa shape index (κ1) is 14.0. The number of carbonyl (C=O) groups excluding carboxylic acids is 2. The Bertz CT molecular complexity index is 294. The second-order valence-corrected chi connectivity index (χ2v) is 5.67. The molecule has 0 radical (unpaired) electrons. The Morgan fingerprint density at radius 2 is 2.12 bits per heavy atom. The molecule has 1 heterocycles. The van der Waals surface area contributed by atoms with Gasteiger partial charge in [0, 0.05) is 13.0 Å². The average molecular weight is 241 g/mol. The van der Waals surface area contributed by atoms with Gasteiger partial charge in [0.2, 0.25) is 5.91 Å². The third kappa shape index (κ3) is 4.36. The van der Waals surface area contributed by atoms with Crippen molar-refractivity contribution in [3.63, 3.8) is 0 Å². The molecule has 0 aromatic heterocycles. The number of amides is 2. The van der Waals surface area contributed by atoms with Gasteiger partial charge in [-0.2, -0.15) is 0 Å². The average Bonchev–Trinajstić information content (AvgIpc) is 2.15. The Hall–Kier alpha value is -1.06. The van der Waals surface area contributed by atoms with Crippen LogP contribution in [0.5, 0.6) is 0 Å². The van der Waals surface area contributed by atoms with Crippen molar-refractivity contribution in [3.8, 4) is 0 Å². The predicted octanol–water partition coefficient (Wildman–Crippen LogP) is 2.96. The van der Waals surface area contributed by atoms with Crippen molar-refractivity contribution in [1.29, 1.82) is 0 Å². The fourth-order valence-corrected chi connectivity index (χ4v) is 2.06. The van der Waals surface area contributed by atoms with Gasteiger partial charge in [0.05, 0.1) is 0 Å². The van der Waals surface area contributed by atoms with Gasteiger partial charge < -0.3 is 4.74 Å². The Kier molecular flexibility index (Phi) is 4.54. The summed E-state index contributed by atoms with van der Waals surface area (Å²) in [6, 6.07) is 0. The second-order valence-electron chi connectivity index (χ2n) is 5.67. The molecule has 0 aromatic carbocycles. The summed E-state index contributed by atoms with van der Waals surface area (Å²) in [5.74, 6) is 0.343. The molecule has 0 N–H and O–H groups in total. The van der Waals surface area contributed by atoms with E-state index in [-0.39, 0.29) is 5.91 Å². The SMILES string of the molecule is CCCC1CCN(C(=O)OC(C)(C)C)C(=O)C1. The van der Waals surface area contributed by atoms with Gasteiger partial charge in [0.1, 0.15) is 5.60 Å². The third-order valence-corrected chi connectivity index (χ3v) is 2.84. The lowest BCUT2D eigenvalue weighted by molar-refractivity contribution is -0.134. The van der Waals surface area contributed by atoms with E-state index in [1.165, 1.54) is 4.90 Å². The first-order valence-electron chi connectivity index (χ1n) is 6.37. The van der Waals surface area contributed by atoms with E-state index in [0.29, 0.717) is 18.9 Å². The number of likely N-dealkylation sites (tertiary alicyclic amines) is 1. The lowest BCUT2D eigenvalue weighted by Gasteiger charge is -2.31. The van der Waals surface area contributed by atoms with E-state index in [2.05, 4.69) is 6.92 Å². The molecule has 1 aliphatic heterocycles. The Labute approximate surface area is 103 Å². The van der Waals surface area contributed by atoms with E-state index in [4.69, 9.17) is 4.74 Å². The smallest absolute Gasteiger partial charge is 0.417 e. The lowest BCUT2D eigenvalue weighted by atomic mass is 9.92. The van der Waals surface area contributed by atoms with Gasteiger partial charge in [-0.15, -0.1) is 0 Å². The van der Waals surface area contributed by atoms with Gasteiger partial charge in [-0.05, 0) is 33.1 Å². The van der Waals surface area contributed by atoms with E-state index in [9.17, 15) is 9.59 Å². The van der Waals surface area contributed by atoms with Gasteiger partial charge in [-0.1, -0.05) is 19.8 Å². The van der Waals surface area contributed by atoms with Crippen molar-refractivity contribution in [1.82, 2.24) is 4.90 Å². The lowest BCUT2D eigenvalue weighted by Crippen LogP contribution is -2.45. The molecule has 17 heavy (non-hydrogen) atoms. The van der Waals surface area contributed by atoms with Crippen LogP contribution in [0, 0.1) is 5.92 Å². The van der Waals surface area contributed by atoms with Crippen molar-refractivity contribution in [2.24, 2.45) is 5.92 Å². The number of hydrogen-bond acceptors (Lipinski definition) is 3. The number of hydrogen-bond donors (Lipinski definition) is 0. The summed E-state index contributed by atoms with van der Waals surface area (Å²) in [5.41, 5.74) is -0.544. The van der Waals surface area contributed by atoms with E-state index < -0.39 is 11.7 Å². The van der Waals surface area contributed by atoms with Crippen molar-refractivity contribution >= 4 is 12.0 Å². The molecule has 0 spiro atoms. The predicted molar refractivity (Wildman–Crippen MR) is 65.6 cm³/mol. The second kappa shape index (κ2) is 5.52. The minimum absolute atomic E-state index is 0.0936. The fourth-order valence-electron chi connectivity index (χ4n) is 2.06. The largest absolute Gasteiger partial charge is 0.443 e. The summed E-state index contributed by atoms with van der Waals surface area (Å²) in [5, 5.41) is 0. The van der Waals surface area contributed by atoms with E-state index in [1.807, 2.05) is 0 Å². The Morgan fingerprint density at radius 3 is 2.59 bits per heavy atom. The number of imide groups is 1. The van der Waals surface area contributed by atoms with Crippen molar-refractivity contribution in [2.45, 2.75) is 59.0 Å². The summed E-state index contributed by atoms with van der Waals surface area (Å²) in [6.07, 6.45) is 3.03. The van der Waals surface area contributed by atoms with Crippen LogP contribution >= 0.6 is 0 Å². The molecule has 1 atom stereocenters. The van der Waals surface area contributed by atoms with E-state index >= 15 is 0 Å². The van der Waals surface area contributed by atoms with Crippen LogP contribution in [-0.4, -0.2) is 29.0 Å². The molecule has 1 aliphatic rings. The molecule has 1 rings (SSSR count). The number of carbonyl (C=O) groups is 2. The summed E-state index contributed by atoms with van der Waals surface area (Å²) in [6.45, 7) is 8.03. The molecule has 4 heteroatoms. The maximum Gasteiger partial charge on any atom is 0.417 e. The maximum atomic E-state index is 11.8. The van der Waals surface area contributed by atoms with Crippen LogP contribution in [0.3, 0.4) is 0 Å². The van der Waals surface area contributed by atoms with Crippen LogP contribution in [-0.2, 0) is 9.53 Å². The van der Waals surface area contributed by atoms with Gasteiger partial charge >= 0.3 is 6.09 Å². The molecule has 2 amide bonds. The Balaban J connectivity index is 2.52. The van der Waals surface area contributed by atoms with E-state index in [0.717, 1.165) is 19.3 Å². The highest BCUT2D eigenvalue weighted by molar-refractivity contribution is 5.92. The summed E-state index contributed by atoms with van der Waals surface area (Å²) < 4.78 is 5.21. The molecular weight excluding hydrogens is 218 g/mol. The zero-order valence-electron chi connectivity index (χ0n) is 11.3. The van der Waals surface area contributed by atoms with Crippen molar-refractivity contribution in [2.75, 3.05) is 6.54 Å². The van der Waals surface area contributed by atoms with Gasteiger partial charge in [-0.25, -0.2) is 9.69 Å². The molecular formula is C13H23NO3. The maximum absolute atomic E-state index is 11.8. The number of rotatable bonds is 2. The molecule has 1 fully saturated rings. The zero-order chi connectivity index (χ0) is 13.1. The normalized spacial score (nSPS) is 21.5. The van der Waals surface area contributed by atoms with Crippen LogP contribution in [0.4, 0.5) is 4.79 Å². The number of nitrogens with zero attached hydrogens (tertiary/aromatic N) is 1. The van der Waals surface area contributed by atoms with Crippen LogP contribution in [0.2, 0.25) is 0 Å². The molecule has 1 saturated heterocycles. The van der Waals surface area contributed by atoms with Gasteiger partial charge in [0.25, 0.3) is 0 Å². The van der Waals surface area contributed by atoms with Crippen LogP contribution in [0.15, 0.2) is 0 Å². The highest BCUT2D eigenvalue weighted by atomic mass is 16.6. The summed E-state index contributed by atoms with van der Waals surface area (Å²) in [4.78, 5) is 24.9. The molecule has 1 unspecified atom stereocenters. The highest BCUT2D eigenvalue weighted by Gasteiger charge is 2.32. The first-order valence-corrected chi connectivity index (χ1v) is 6.37.